The fraction of sp³-hybridized carbons (Fsp3) is 1.00. The number of hydrogen-bond donors (Lipinski definition) is 0. The van der Waals surface area contributed by atoms with Gasteiger partial charge >= 0.3 is 18.2 Å². The summed E-state index contributed by atoms with van der Waals surface area (Å²) in [6, 6.07) is 0. The van der Waals surface area contributed by atoms with Gasteiger partial charge in [0.05, 0.1) is 0 Å². The Hall–Kier alpha value is -0.670. The zero-order valence-corrected chi connectivity index (χ0v) is 10.9. The summed E-state index contributed by atoms with van der Waals surface area (Å²) in [5, 5.41) is 0. The van der Waals surface area contributed by atoms with Crippen LogP contribution >= 0.6 is 0 Å². The van der Waals surface area contributed by atoms with E-state index < -0.39 is 42.4 Å². The van der Waals surface area contributed by atoms with E-state index in [2.05, 4.69) is 4.74 Å². The van der Waals surface area contributed by atoms with Crippen molar-refractivity contribution in [3.8, 4) is 0 Å². The van der Waals surface area contributed by atoms with E-state index in [4.69, 9.17) is 0 Å². The van der Waals surface area contributed by atoms with E-state index in [1.807, 2.05) is 0 Å². The van der Waals surface area contributed by atoms with E-state index in [1.54, 1.807) is 0 Å². The summed E-state index contributed by atoms with van der Waals surface area (Å²) >= 11 is 0. The van der Waals surface area contributed by atoms with Gasteiger partial charge in [-0.25, -0.2) is 8.78 Å². The summed E-state index contributed by atoms with van der Waals surface area (Å²) < 4.78 is 121. The first-order chi connectivity index (χ1) is 8.50. The first-order valence-corrected chi connectivity index (χ1v) is 5.26. The lowest BCUT2D eigenvalue weighted by atomic mass is 9.72. The number of hydrogen-bond acceptors (Lipinski definition) is 1. The predicted molar refractivity (Wildman–Crippen MR) is 51.1 cm³/mol. The molecule has 0 bridgehead atoms. The quantitative estimate of drug-likeness (QED) is 0.692. The molecule has 3 atom stereocenters. The molecule has 0 heterocycles. The lowest BCUT2D eigenvalue weighted by Gasteiger charge is -2.47. The minimum atomic E-state index is -6.21. The average molecular weight is 320 g/mol. The minimum absolute atomic E-state index is 0.0106. The monoisotopic (exact) mass is 320 g/mol. The molecular formula is C10H13F9O. The number of methoxy groups -OCH3 is 1. The molecule has 0 saturated carbocycles. The molecule has 0 fully saturated rings. The molecule has 0 rings (SSSR count). The Morgan fingerprint density at radius 2 is 1.10 bits per heavy atom. The Bertz CT molecular complexity index is 346. The Morgan fingerprint density at radius 1 is 0.750 bits per heavy atom. The molecule has 20 heavy (non-hydrogen) atoms. The molecule has 122 valence electrons. The van der Waals surface area contributed by atoms with Gasteiger partial charge in [0, 0.05) is 7.11 Å². The zero-order chi connectivity index (χ0) is 16.8. The molecule has 0 radical (unpaired) electrons. The second kappa shape index (κ2) is 4.96. The molecule has 0 spiro atoms. The van der Waals surface area contributed by atoms with Crippen LogP contribution in [0.25, 0.3) is 0 Å². The topological polar surface area (TPSA) is 9.23 Å². The number of ether oxygens (including phenoxy) is 1. The fourth-order valence-electron chi connectivity index (χ4n) is 1.89. The standard InChI is InChI=1S/C10H13F9O/c1-5(2)7(12,6(3,11)9(14,15)16)8(13,20-4)10(17,18)19/h5H,1-4H3. The van der Waals surface area contributed by atoms with Crippen molar-refractivity contribution >= 4 is 0 Å². The van der Waals surface area contributed by atoms with Gasteiger partial charge in [0.2, 0.25) is 11.3 Å². The normalized spacial score (nSPS) is 23.1. The number of halogens is 9. The molecule has 0 aromatic carbocycles. The molecule has 0 amide bonds. The smallest absolute Gasteiger partial charge is 0.340 e. The van der Waals surface area contributed by atoms with Crippen molar-refractivity contribution < 1.29 is 44.3 Å². The van der Waals surface area contributed by atoms with E-state index in [1.165, 1.54) is 0 Å². The largest absolute Gasteiger partial charge is 0.452 e. The minimum Gasteiger partial charge on any atom is -0.340 e. The van der Waals surface area contributed by atoms with Gasteiger partial charge in [-0.1, -0.05) is 13.8 Å². The Balaban J connectivity index is 6.40. The summed E-state index contributed by atoms with van der Waals surface area (Å²) in [5.41, 5.74) is -10.2. The van der Waals surface area contributed by atoms with Gasteiger partial charge in [0.15, 0.2) is 0 Å². The van der Waals surface area contributed by atoms with Crippen molar-refractivity contribution in [1.82, 2.24) is 0 Å². The molecular weight excluding hydrogens is 307 g/mol. The van der Waals surface area contributed by atoms with Crippen LogP contribution in [0.5, 0.6) is 0 Å². The van der Waals surface area contributed by atoms with Crippen molar-refractivity contribution in [3.63, 3.8) is 0 Å². The van der Waals surface area contributed by atoms with Crippen LogP contribution in [0, 0.1) is 5.92 Å². The van der Waals surface area contributed by atoms with Gasteiger partial charge in [-0.15, -0.1) is 0 Å². The second-order valence-electron chi connectivity index (χ2n) is 4.66. The van der Waals surface area contributed by atoms with E-state index in [9.17, 15) is 39.5 Å². The van der Waals surface area contributed by atoms with Gasteiger partial charge in [0.1, 0.15) is 0 Å². The summed E-state index contributed by atoms with van der Waals surface area (Å²) in [5.74, 6) is -7.79. The van der Waals surface area contributed by atoms with E-state index in [0.29, 0.717) is 13.8 Å². The highest BCUT2D eigenvalue weighted by Crippen LogP contribution is 2.58. The third-order valence-electron chi connectivity index (χ3n) is 3.13. The van der Waals surface area contributed by atoms with Crippen LogP contribution in [0.1, 0.15) is 20.8 Å². The number of rotatable bonds is 4. The predicted octanol–water partition coefficient (Wildman–Crippen LogP) is 4.52. The highest BCUT2D eigenvalue weighted by Gasteiger charge is 2.83. The van der Waals surface area contributed by atoms with E-state index in [0.717, 1.165) is 0 Å². The van der Waals surface area contributed by atoms with E-state index in [-0.39, 0.29) is 7.11 Å². The third kappa shape index (κ3) is 2.35. The van der Waals surface area contributed by atoms with Crippen molar-refractivity contribution in [2.24, 2.45) is 5.92 Å². The molecule has 0 aliphatic carbocycles. The van der Waals surface area contributed by atoms with Crippen LogP contribution in [0.4, 0.5) is 39.5 Å². The van der Waals surface area contributed by atoms with Gasteiger partial charge in [-0.3, -0.25) is 0 Å². The highest BCUT2D eigenvalue weighted by molar-refractivity contribution is 5.14. The van der Waals surface area contributed by atoms with Crippen molar-refractivity contribution in [2.45, 2.75) is 50.3 Å². The SMILES string of the molecule is COC(F)(C(F)(F)F)C(F)(C(C)C)C(C)(F)C(F)(F)F. The lowest BCUT2D eigenvalue weighted by Crippen LogP contribution is -2.72. The average Bonchev–Trinajstić information content (AvgIpc) is 2.22. The van der Waals surface area contributed by atoms with Crippen molar-refractivity contribution in [1.29, 1.82) is 0 Å². The van der Waals surface area contributed by atoms with Gasteiger partial charge in [0.25, 0.3) is 0 Å². The second-order valence-corrected chi connectivity index (χ2v) is 4.66. The zero-order valence-electron chi connectivity index (χ0n) is 10.9. The molecule has 0 aliphatic heterocycles. The molecule has 0 N–H and O–H groups in total. The Labute approximate surface area is 109 Å². The first-order valence-electron chi connectivity index (χ1n) is 5.26. The van der Waals surface area contributed by atoms with Gasteiger partial charge in [-0.2, -0.15) is 30.7 Å². The number of alkyl halides is 9. The van der Waals surface area contributed by atoms with Crippen LogP contribution in [0.15, 0.2) is 0 Å². The molecule has 0 aromatic rings. The van der Waals surface area contributed by atoms with Crippen molar-refractivity contribution in [3.05, 3.63) is 0 Å². The summed E-state index contributed by atoms with van der Waals surface area (Å²) in [4.78, 5) is 0. The maximum Gasteiger partial charge on any atom is 0.452 e. The summed E-state index contributed by atoms with van der Waals surface area (Å²) in [7, 11) is 0.0106. The molecule has 0 aromatic heterocycles. The van der Waals surface area contributed by atoms with Crippen LogP contribution in [0.3, 0.4) is 0 Å². The Kier molecular flexibility index (Phi) is 4.79. The lowest BCUT2D eigenvalue weighted by molar-refractivity contribution is -0.414. The molecule has 3 unspecified atom stereocenters. The van der Waals surface area contributed by atoms with E-state index >= 15 is 0 Å². The highest BCUT2D eigenvalue weighted by atomic mass is 19.4. The van der Waals surface area contributed by atoms with Crippen LogP contribution < -0.4 is 0 Å². The fourth-order valence-corrected chi connectivity index (χ4v) is 1.89. The van der Waals surface area contributed by atoms with Gasteiger partial charge < -0.3 is 4.74 Å². The van der Waals surface area contributed by atoms with Crippen LogP contribution in [-0.4, -0.2) is 36.7 Å². The molecule has 0 aliphatic rings. The molecule has 0 saturated heterocycles. The molecule has 1 nitrogen and oxygen atoms in total. The van der Waals surface area contributed by atoms with Crippen LogP contribution in [-0.2, 0) is 4.74 Å². The maximum atomic E-state index is 14.4. The van der Waals surface area contributed by atoms with Gasteiger partial charge in [-0.05, 0) is 12.8 Å². The third-order valence-corrected chi connectivity index (χ3v) is 3.13. The Morgan fingerprint density at radius 3 is 1.25 bits per heavy atom. The van der Waals surface area contributed by atoms with Crippen molar-refractivity contribution in [2.75, 3.05) is 7.11 Å². The van der Waals surface area contributed by atoms with Crippen LogP contribution in [0.2, 0.25) is 0 Å². The maximum absolute atomic E-state index is 14.4. The summed E-state index contributed by atoms with van der Waals surface area (Å²) in [6.45, 7) is 0.484. The molecule has 10 heteroatoms. The summed E-state index contributed by atoms with van der Waals surface area (Å²) in [6.07, 6.45) is -12.3. The first kappa shape index (κ1) is 19.3.